The van der Waals surface area contributed by atoms with Gasteiger partial charge in [-0.25, -0.2) is 0 Å². The van der Waals surface area contributed by atoms with Crippen molar-refractivity contribution in [2.75, 3.05) is 32.8 Å². The summed E-state index contributed by atoms with van der Waals surface area (Å²) in [6, 6.07) is 22.8. The summed E-state index contributed by atoms with van der Waals surface area (Å²) in [5.41, 5.74) is 17.3. The van der Waals surface area contributed by atoms with Crippen molar-refractivity contribution in [2.45, 2.75) is 159 Å². The Hall–Kier alpha value is -7.31. The third-order valence-corrected chi connectivity index (χ3v) is 15.5. The van der Waals surface area contributed by atoms with Crippen molar-refractivity contribution in [3.05, 3.63) is 108 Å². The summed E-state index contributed by atoms with van der Waals surface area (Å²) in [5.74, 6) is -3.36. The molecule has 0 aromatic heterocycles. The topological polar surface area (TPSA) is 268 Å². The first-order valence-corrected chi connectivity index (χ1v) is 28.9. The Morgan fingerprint density at radius 3 is 1.95 bits per heavy atom. The Balaban J connectivity index is 1.07. The highest BCUT2D eigenvalue weighted by Gasteiger charge is 2.43. The van der Waals surface area contributed by atoms with Crippen LogP contribution in [-0.4, -0.2) is 131 Å². The molecule has 18 nitrogen and oxygen atoms in total. The van der Waals surface area contributed by atoms with E-state index >= 15 is 0 Å². The highest BCUT2D eigenvalue weighted by Crippen LogP contribution is 2.28. The van der Waals surface area contributed by atoms with Crippen molar-refractivity contribution in [1.82, 2.24) is 36.4 Å². The van der Waals surface area contributed by atoms with Crippen LogP contribution in [0.4, 0.5) is 0 Å². The molecule has 0 spiro atoms. The highest BCUT2D eigenvalue weighted by molar-refractivity contribution is 6.00. The number of carbonyl (C=O) groups excluding carboxylic acids is 7. The smallest absolute Gasteiger partial charge is 0.251 e. The fourth-order valence-corrected chi connectivity index (χ4v) is 10.8. The van der Waals surface area contributed by atoms with Crippen LogP contribution in [-0.2, 0) is 35.2 Å². The molecule has 3 fully saturated rings. The molecule has 7 rings (SSSR count). The summed E-state index contributed by atoms with van der Waals surface area (Å²) >= 11 is 0. The van der Waals surface area contributed by atoms with E-state index in [1.807, 2.05) is 36.4 Å². The monoisotopic (exact) mass is 1100 g/mol. The van der Waals surface area contributed by atoms with Gasteiger partial charge >= 0.3 is 0 Å². The number of aryl methyl sites for hydroxylation is 1. The molecule has 3 heterocycles. The van der Waals surface area contributed by atoms with Crippen molar-refractivity contribution in [1.29, 1.82) is 0 Å². The minimum absolute atomic E-state index is 0.0575. The number of fused-ring (bicyclic) bond motifs is 2. The number of ether oxygens (including phenoxy) is 1. The molecule has 4 aromatic carbocycles. The van der Waals surface area contributed by atoms with Crippen LogP contribution in [0.5, 0.6) is 11.5 Å². The molecular weight excluding hydrogens is 1010 g/mol. The van der Waals surface area contributed by atoms with Crippen LogP contribution in [0.25, 0.3) is 22.3 Å². The summed E-state index contributed by atoms with van der Waals surface area (Å²) in [6.45, 7) is 7.06. The van der Waals surface area contributed by atoms with Gasteiger partial charge in [0.1, 0.15) is 47.8 Å². The van der Waals surface area contributed by atoms with Gasteiger partial charge in [-0.3, -0.25) is 33.6 Å². The van der Waals surface area contributed by atoms with Gasteiger partial charge in [0.15, 0.2) is 0 Å². The van der Waals surface area contributed by atoms with Crippen LogP contribution in [0.15, 0.2) is 97.1 Å². The molecular formula is C62H83N9O9. The van der Waals surface area contributed by atoms with E-state index < -0.39 is 89.6 Å². The Kier molecular flexibility index (Phi) is 22.5. The SMILES string of the molecule is CCCCCCCCOc1ccc(-c2ccc(-c3ccc(C(=O)N[C@H]4CCCNC(=O)[C@@H]5C[C@H](N)CN5C(=O)[C@H](CCCN)NC(=O)[C@H](CCc5ccc(O)cc5)NC(=O)[C@@H]5CCCN5C(=O)[C@H](C(C)C)NC4=O)cc3)cc2)cc1. The van der Waals surface area contributed by atoms with Gasteiger partial charge in [0.25, 0.3) is 5.91 Å². The molecule has 80 heavy (non-hydrogen) atoms. The van der Waals surface area contributed by atoms with Gasteiger partial charge in [0.05, 0.1) is 6.61 Å². The molecule has 18 heteroatoms. The maximum absolute atomic E-state index is 14.6. The van der Waals surface area contributed by atoms with Crippen molar-refractivity contribution in [2.24, 2.45) is 17.4 Å². The van der Waals surface area contributed by atoms with E-state index in [0.717, 1.165) is 40.0 Å². The van der Waals surface area contributed by atoms with Gasteiger partial charge in [0.2, 0.25) is 35.4 Å². The Bertz CT molecular complexity index is 2700. The summed E-state index contributed by atoms with van der Waals surface area (Å²) < 4.78 is 5.98. The van der Waals surface area contributed by atoms with E-state index in [4.69, 9.17) is 16.2 Å². The van der Waals surface area contributed by atoms with Crippen LogP contribution in [0, 0.1) is 5.92 Å². The number of unbranched alkanes of at least 4 members (excludes halogenated alkanes) is 5. The first-order valence-electron chi connectivity index (χ1n) is 28.9. The first kappa shape index (κ1) is 60.3. The summed E-state index contributed by atoms with van der Waals surface area (Å²) in [5, 5.41) is 24.4. The predicted molar refractivity (Wildman–Crippen MR) is 308 cm³/mol. The van der Waals surface area contributed by atoms with Crippen LogP contribution in [0.2, 0.25) is 0 Å². The lowest BCUT2D eigenvalue weighted by atomic mass is 9.99. The molecule has 0 aliphatic carbocycles. The van der Waals surface area contributed by atoms with E-state index in [0.29, 0.717) is 37.9 Å². The molecule has 0 unspecified atom stereocenters. The fraction of sp³-hybridized carbons (Fsp3) is 0.500. The molecule has 0 radical (unpaired) electrons. The number of amides is 7. The van der Waals surface area contributed by atoms with E-state index in [1.165, 1.54) is 54.0 Å². The van der Waals surface area contributed by atoms with E-state index in [2.05, 4.69) is 57.8 Å². The maximum Gasteiger partial charge on any atom is 0.251 e. The number of hydrogen-bond donors (Lipinski definition) is 8. The van der Waals surface area contributed by atoms with Crippen LogP contribution in [0.1, 0.15) is 127 Å². The molecule has 10 N–H and O–H groups in total. The minimum Gasteiger partial charge on any atom is -0.508 e. The van der Waals surface area contributed by atoms with Crippen LogP contribution in [0.3, 0.4) is 0 Å². The lowest BCUT2D eigenvalue weighted by molar-refractivity contribution is -0.143. The van der Waals surface area contributed by atoms with Gasteiger partial charge in [-0.2, -0.15) is 0 Å². The zero-order valence-corrected chi connectivity index (χ0v) is 46.8. The lowest BCUT2D eigenvalue weighted by Gasteiger charge is -2.32. The average molecular weight is 1100 g/mol. The standard InChI is InChI=1S/C62H83N9O9/c1-4-5-6-7-8-9-37-80-49-31-27-45(28-32-49)43-21-19-42(20-22-43)44-23-25-46(26-24-44)56(73)66-50-14-11-35-65-59(76)54-38-47(64)39-71(54)61(78)52(13-10-34-63)68-57(74)51(33-18-41-16-29-48(72)30-17-41)67-60(77)53-15-12-36-70(53)62(79)55(40(2)3)69-58(50)75/h16-17,19-32,40,47,50-55,72H,4-15,18,33-39,63-64H2,1-3H3,(H,65,76)(H,66,73)(H,67,77)(H,68,74)(H,69,75)/t47-,50-,51-,52-,53-,54-,55-/m0/s1. The molecule has 3 aliphatic rings. The van der Waals surface area contributed by atoms with E-state index in [-0.39, 0.29) is 64.0 Å². The van der Waals surface area contributed by atoms with Crippen LogP contribution >= 0.6 is 0 Å². The molecule has 7 atom stereocenters. The average Bonchev–Trinajstić information content (AvgIpc) is 4.14. The number of aromatic hydroxyl groups is 1. The number of benzene rings is 4. The van der Waals surface area contributed by atoms with Gasteiger partial charge in [-0.05, 0) is 141 Å². The number of nitrogens with zero attached hydrogens (tertiary/aromatic N) is 2. The van der Waals surface area contributed by atoms with Gasteiger partial charge in [-0.1, -0.05) is 114 Å². The van der Waals surface area contributed by atoms with Gasteiger partial charge in [-0.15, -0.1) is 0 Å². The van der Waals surface area contributed by atoms with Gasteiger partial charge in [0, 0.05) is 31.2 Å². The predicted octanol–water partition coefficient (Wildman–Crippen LogP) is 5.88. The Morgan fingerprint density at radius 2 is 1.30 bits per heavy atom. The van der Waals surface area contributed by atoms with Crippen LogP contribution < -0.4 is 42.8 Å². The summed E-state index contributed by atoms with van der Waals surface area (Å²) in [7, 11) is 0. The van der Waals surface area contributed by atoms with E-state index in [1.54, 1.807) is 38.1 Å². The minimum atomic E-state index is -1.17. The zero-order valence-electron chi connectivity index (χ0n) is 46.8. The number of nitrogens with two attached hydrogens (primary N) is 2. The molecule has 0 saturated carbocycles. The number of carbonyl (C=O) groups is 7. The third-order valence-electron chi connectivity index (χ3n) is 15.5. The second-order valence-electron chi connectivity index (χ2n) is 21.9. The first-order chi connectivity index (χ1) is 38.6. The van der Waals surface area contributed by atoms with Crippen molar-refractivity contribution < 1.29 is 43.4 Å². The Labute approximate surface area is 470 Å². The van der Waals surface area contributed by atoms with Crippen molar-refractivity contribution >= 4 is 41.4 Å². The largest absolute Gasteiger partial charge is 0.508 e. The molecule has 3 aliphatic heterocycles. The fourth-order valence-electron chi connectivity index (χ4n) is 10.8. The van der Waals surface area contributed by atoms with E-state index in [9.17, 15) is 38.7 Å². The third kappa shape index (κ3) is 16.6. The highest BCUT2D eigenvalue weighted by atomic mass is 16.5. The summed E-state index contributed by atoms with van der Waals surface area (Å²) in [6.07, 6.45) is 9.42. The van der Waals surface area contributed by atoms with Gasteiger partial charge < -0.3 is 57.7 Å². The Morgan fingerprint density at radius 1 is 0.675 bits per heavy atom. The molecule has 430 valence electrons. The normalized spacial score (nSPS) is 22.6. The quantitative estimate of drug-likeness (QED) is 0.0515. The lowest BCUT2D eigenvalue weighted by Crippen LogP contribution is -2.60. The number of nitrogens with one attached hydrogen (secondary N) is 5. The maximum atomic E-state index is 14.6. The number of hydrogen-bond acceptors (Lipinski definition) is 11. The molecule has 7 amide bonds. The van der Waals surface area contributed by atoms with Crippen molar-refractivity contribution in [3.63, 3.8) is 0 Å². The molecule has 4 aromatic rings. The molecule has 0 bridgehead atoms. The second kappa shape index (κ2) is 29.8. The summed E-state index contributed by atoms with van der Waals surface area (Å²) in [4.78, 5) is 103. The number of phenolic OH excluding ortho intramolecular Hbond substituents is 1. The number of rotatable bonds is 19. The second-order valence-corrected chi connectivity index (χ2v) is 21.9. The molecule has 3 saturated heterocycles. The number of phenols is 1. The van der Waals surface area contributed by atoms with Crippen molar-refractivity contribution in [3.8, 4) is 33.8 Å². The zero-order chi connectivity index (χ0) is 57.1.